The summed E-state index contributed by atoms with van der Waals surface area (Å²) in [6.45, 7) is 0. The van der Waals surface area contributed by atoms with Gasteiger partial charge >= 0.3 is 0 Å². The van der Waals surface area contributed by atoms with Crippen LogP contribution >= 0.6 is 0 Å². The van der Waals surface area contributed by atoms with Crippen molar-refractivity contribution in [3.63, 3.8) is 0 Å². The van der Waals surface area contributed by atoms with Gasteiger partial charge in [0.25, 0.3) is 5.56 Å². The molecule has 1 N–H and O–H groups in total. The van der Waals surface area contributed by atoms with Crippen LogP contribution in [0.5, 0.6) is 0 Å². The summed E-state index contributed by atoms with van der Waals surface area (Å²) in [5, 5.41) is 2.50. The zero-order valence-corrected chi connectivity index (χ0v) is 10.3. The Morgan fingerprint density at radius 3 is 2.94 bits per heavy atom. The SMILES string of the molecule is Cn1c(=O)ccc2c3c4c([nH]c3ccc21)CCC4. The highest BCUT2D eigenvalue weighted by Crippen LogP contribution is 2.34. The maximum absolute atomic E-state index is 11.7. The molecule has 0 saturated carbocycles. The number of nitrogens with zero attached hydrogens (tertiary/aromatic N) is 1. The predicted molar refractivity (Wildman–Crippen MR) is 73.1 cm³/mol. The molecule has 0 spiro atoms. The molecule has 0 atom stereocenters. The first-order chi connectivity index (χ1) is 8.75. The van der Waals surface area contributed by atoms with Gasteiger partial charge in [-0.1, -0.05) is 0 Å². The lowest BCUT2D eigenvalue weighted by Gasteiger charge is -2.06. The molecule has 3 nitrogen and oxygen atoms in total. The highest BCUT2D eigenvalue weighted by molar-refractivity contribution is 6.07. The molecule has 0 unspecified atom stereocenters. The monoisotopic (exact) mass is 238 g/mol. The van der Waals surface area contributed by atoms with Crippen molar-refractivity contribution in [2.75, 3.05) is 0 Å². The Labute approximate surface area is 104 Å². The molecule has 3 heteroatoms. The van der Waals surface area contributed by atoms with Crippen LogP contribution in [0.25, 0.3) is 21.8 Å². The summed E-state index contributed by atoms with van der Waals surface area (Å²) < 4.78 is 1.73. The maximum Gasteiger partial charge on any atom is 0.250 e. The quantitative estimate of drug-likeness (QED) is 0.642. The number of nitrogens with one attached hydrogen (secondary N) is 1. The van der Waals surface area contributed by atoms with Crippen molar-refractivity contribution in [3.05, 3.63) is 45.9 Å². The van der Waals surface area contributed by atoms with E-state index in [2.05, 4.69) is 11.1 Å². The number of aryl methyl sites for hydroxylation is 3. The lowest BCUT2D eigenvalue weighted by atomic mass is 10.1. The normalized spacial score (nSPS) is 14.5. The van der Waals surface area contributed by atoms with E-state index in [1.54, 1.807) is 10.6 Å². The van der Waals surface area contributed by atoms with Crippen LogP contribution in [-0.2, 0) is 19.9 Å². The summed E-state index contributed by atoms with van der Waals surface area (Å²) in [6.07, 6.45) is 3.54. The molecule has 0 bridgehead atoms. The van der Waals surface area contributed by atoms with Gasteiger partial charge in [-0.3, -0.25) is 4.79 Å². The lowest BCUT2D eigenvalue weighted by molar-refractivity contribution is 0.897. The topological polar surface area (TPSA) is 37.8 Å². The average molecular weight is 238 g/mol. The third-order valence-electron chi connectivity index (χ3n) is 4.11. The number of aromatic nitrogens is 2. The van der Waals surface area contributed by atoms with E-state index < -0.39 is 0 Å². The predicted octanol–water partition coefficient (Wildman–Crippen LogP) is 2.51. The van der Waals surface area contributed by atoms with Gasteiger partial charge < -0.3 is 9.55 Å². The second-order valence-electron chi connectivity index (χ2n) is 5.09. The fourth-order valence-corrected chi connectivity index (χ4v) is 3.20. The Bertz CT molecular complexity index is 839. The van der Waals surface area contributed by atoms with Crippen LogP contribution in [0.3, 0.4) is 0 Å². The third kappa shape index (κ3) is 1.11. The van der Waals surface area contributed by atoms with E-state index in [1.165, 1.54) is 34.0 Å². The number of hydrogen-bond acceptors (Lipinski definition) is 1. The highest BCUT2D eigenvalue weighted by Gasteiger charge is 2.18. The Morgan fingerprint density at radius 1 is 1.17 bits per heavy atom. The maximum atomic E-state index is 11.7. The van der Waals surface area contributed by atoms with Crippen LogP contribution < -0.4 is 5.56 Å². The van der Waals surface area contributed by atoms with E-state index in [4.69, 9.17) is 0 Å². The van der Waals surface area contributed by atoms with Crippen LogP contribution in [0.15, 0.2) is 29.1 Å². The molecule has 0 saturated heterocycles. The first-order valence-corrected chi connectivity index (χ1v) is 6.38. The summed E-state index contributed by atoms with van der Waals surface area (Å²) in [6, 6.07) is 7.75. The van der Waals surface area contributed by atoms with Gasteiger partial charge in [-0.15, -0.1) is 0 Å². The lowest BCUT2D eigenvalue weighted by Crippen LogP contribution is -2.14. The molecule has 0 radical (unpaired) electrons. The van der Waals surface area contributed by atoms with Crippen molar-refractivity contribution in [2.45, 2.75) is 19.3 Å². The number of pyridine rings is 1. The number of hydrogen-bond donors (Lipinski definition) is 1. The zero-order valence-electron chi connectivity index (χ0n) is 10.3. The van der Waals surface area contributed by atoms with E-state index in [1.807, 2.05) is 19.2 Å². The molecule has 3 aromatic rings. The molecule has 0 aliphatic heterocycles. The molecule has 0 amide bonds. The van der Waals surface area contributed by atoms with E-state index in [0.717, 1.165) is 18.4 Å². The summed E-state index contributed by atoms with van der Waals surface area (Å²) >= 11 is 0. The Hall–Kier alpha value is -2.03. The van der Waals surface area contributed by atoms with Crippen molar-refractivity contribution in [1.82, 2.24) is 9.55 Å². The fourth-order valence-electron chi connectivity index (χ4n) is 3.20. The van der Waals surface area contributed by atoms with Crippen LogP contribution in [-0.4, -0.2) is 9.55 Å². The number of H-pyrrole nitrogens is 1. The standard InChI is InChI=1S/C15H14N2O/c1-17-13-7-6-12-15(10(13)5-8-14(17)18)9-3-2-4-11(9)16-12/h5-8,16H,2-4H2,1H3. The second-order valence-corrected chi connectivity index (χ2v) is 5.09. The van der Waals surface area contributed by atoms with E-state index in [0.29, 0.717) is 0 Å². The third-order valence-corrected chi connectivity index (χ3v) is 4.11. The van der Waals surface area contributed by atoms with Crippen LogP contribution in [0.1, 0.15) is 17.7 Å². The van der Waals surface area contributed by atoms with Gasteiger partial charge in [0.1, 0.15) is 0 Å². The molecule has 1 aliphatic carbocycles. The second kappa shape index (κ2) is 3.25. The fraction of sp³-hybridized carbons (Fsp3) is 0.267. The summed E-state index contributed by atoms with van der Waals surface area (Å²) in [4.78, 5) is 15.2. The molecule has 1 aliphatic rings. The number of rotatable bonds is 0. The summed E-state index contributed by atoms with van der Waals surface area (Å²) in [5.74, 6) is 0. The smallest absolute Gasteiger partial charge is 0.250 e. The van der Waals surface area contributed by atoms with Gasteiger partial charge in [0.05, 0.1) is 5.52 Å². The van der Waals surface area contributed by atoms with E-state index >= 15 is 0 Å². The van der Waals surface area contributed by atoms with Crippen LogP contribution in [0.4, 0.5) is 0 Å². The van der Waals surface area contributed by atoms with Crippen molar-refractivity contribution in [1.29, 1.82) is 0 Å². The van der Waals surface area contributed by atoms with E-state index in [9.17, 15) is 4.79 Å². The summed E-state index contributed by atoms with van der Waals surface area (Å²) in [5.41, 5.74) is 5.10. The molecular weight excluding hydrogens is 224 g/mol. The molecular formula is C15H14N2O. The summed E-state index contributed by atoms with van der Waals surface area (Å²) in [7, 11) is 1.84. The van der Waals surface area contributed by atoms with Crippen molar-refractivity contribution in [2.24, 2.45) is 7.05 Å². The zero-order chi connectivity index (χ0) is 12.3. The number of fused-ring (bicyclic) bond motifs is 5. The minimum absolute atomic E-state index is 0.0500. The molecule has 18 heavy (non-hydrogen) atoms. The van der Waals surface area contributed by atoms with Gasteiger partial charge in [-0.25, -0.2) is 0 Å². The first-order valence-electron chi connectivity index (χ1n) is 6.38. The molecule has 2 heterocycles. The minimum Gasteiger partial charge on any atom is -0.358 e. The van der Waals surface area contributed by atoms with Crippen molar-refractivity contribution in [3.8, 4) is 0 Å². The minimum atomic E-state index is 0.0500. The molecule has 90 valence electrons. The Kier molecular flexibility index (Phi) is 1.80. The van der Waals surface area contributed by atoms with Crippen molar-refractivity contribution < 1.29 is 0 Å². The molecule has 1 aromatic carbocycles. The van der Waals surface area contributed by atoms with Gasteiger partial charge in [0.2, 0.25) is 0 Å². The van der Waals surface area contributed by atoms with Gasteiger partial charge in [0, 0.05) is 35.1 Å². The number of benzene rings is 1. The molecule has 4 rings (SSSR count). The molecule has 0 fully saturated rings. The first kappa shape index (κ1) is 9.95. The van der Waals surface area contributed by atoms with Gasteiger partial charge in [-0.05, 0) is 43.0 Å². The number of aromatic amines is 1. The van der Waals surface area contributed by atoms with Crippen LogP contribution in [0, 0.1) is 0 Å². The van der Waals surface area contributed by atoms with Crippen LogP contribution in [0.2, 0.25) is 0 Å². The Morgan fingerprint density at radius 2 is 2.06 bits per heavy atom. The average Bonchev–Trinajstić information content (AvgIpc) is 2.93. The van der Waals surface area contributed by atoms with E-state index in [-0.39, 0.29) is 5.56 Å². The Balaban J connectivity index is 2.27. The van der Waals surface area contributed by atoms with Gasteiger partial charge in [0.15, 0.2) is 0 Å². The van der Waals surface area contributed by atoms with Gasteiger partial charge in [-0.2, -0.15) is 0 Å². The largest absolute Gasteiger partial charge is 0.358 e. The van der Waals surface area contributed by atoms with Crippen molar-refractivity contribution >= 4 is 21.8 Å². The highest BCUT2D eigenvalue weighted by atomic mass is 16.1. The molecule has 2 aromatic heterocycles.